The third-order valence-corrected chi connectivity index (χ3v) is 10.1. The third kappa shape index (κ3) is 2.46. The third-order valence-electron chi connectivity index (χ3n) is 5.52. The van der Waals surface area contributed by atoms with Crippen molar-refractivity contribution in [1.29, 1.82) is 0 Å². The maximum atomic E-state index is 10.8. The largest absolute Gasteiger partial charge is 0.507 e. The first-order valence-corrected chi connectivity index (χ1v) is 11.3. The predicted molar refractivity (Wildman–Crippen MR) is 120 cm³/mol. The molecule has 28 heavy (non-hydrogen) atoms. The van der Waals surface area contributed by atoms with Crippen LogP contribution >= 0.6 is 7.26 Å². The number of nitrogens with one attached hydrogen (secondary N) is 1. The second kappa shape index (κ2) is 6.82. The van der Waals surface area contributed by atoms with Crippen molar-refractivity contribution in [2.75, 3.05) is 5.32 Å². The van der Waals surface area contributed by atoms with Gasteiger partial charge < -0.3 is 10.4 Å². The van der Waals surface area contributed by atoms with E-state index >= 15 is 0 Å². The summed E-state index contributed by atoms with van der Waals surface area (Å²) < 4.78 is 0. The standard InChI is InChI=1S/C25H20NOP/c27-23-17-9-7-15-21(23)25-26-22-16-8-10-18-24(22)28(25,19-11-3-1-4-12-19)20-13-5-2-6-14-20/h1-18,25-26H/p+1. The minimum atomic E-state index is -2.07. The van der Waals surface area contributed by atoms with Crippen molar-refractivity contribution in [3.63, 3.8) is 0 Å². The number of aromatic hydroxyl groups is 1. The second-order valence-electron chi connectivity index (χ2n) is 7.02. The molecule has 136 valence electrons. The molecule has 1 aliphatic heterocycles. The predicted octanol–water partition coefficient (Wildman–Crippen LogP) is 4.81. The molecule has 3 heteroatoms. The molecule has 0 amide bonds. The minimum Gasteiger partial charge on any atom is -0.507 e. The summed E-state index contributed by atoms with van der Waals surface area (Å²) in [5.74, 6) is 0.319. The normalized spacial score (nSPS) is 16.9. The first-order chi connectivity index (χ1) is 13.8. The molecule has 5 rings (SSSR count). The van der Waals surface area contributed by atoms with Gasteiger partial charge in [-0.25, -0.2) is 0 Å². The van der Waals surface area contributed by atoms with Gasteiger partial charge in [0.2, 0.25) is 0 Å². The molecule has 0 spiro atoms. The van der Waals surface area contributed by atoms with Crippen LogP contribution in [0.1, 0.15) is 11.3 Å². The minimum absolute atomic E-state index is 0.0177. The molecule has 4 aromatic carbocycles. The van der Waals surface area contributed by atoms with Crippen molar-refractivity contribution < 1.29 is 5.11 Å². The lowest BCUT2D eigenvalue weighted by Crippen LogP contribution is -2.32. The zero-order chi connectivity index (χ0) is 19.0. The number of anilines is 1. The van der Waals surface area contributed by atoms with Crippen LogP contribution in [0.2, 0.25) is 0 Å². The van der Waals surface area contributed by atoms with Crippen LogP contribution < -0.4 is 21.2 Å². The van der Waals surface area contributed by atoms with Crippen molar-refractivity contribution in [3.8, 4) is 5.75 Å². The van der Waals surface area contributed by atoms with Gasteiger partial charge in [0.1, 0.15) is 28.9 Å². The lowest BCUT2D eigenvalue weighted by atomic mass is 10.2. The van der Waals surface area contributed by atoms with E-state index in [4.69, 9.17) is 0 Å². The number of hydrogen-bond acceptors (Lipinski definition) is 2. The molecule has 1 heterocycles. The van der Waals surface area contributed by atoms with Crippen LogP contribution in [0.4, 0.5) is 5.69 Å². The van der Waals surface area contributed by atoms with Crippen LogP contribution in [-0.4, -0.2) is 5.11 Å². The number of fused-ring (bicyclic) bond motifs is 1. The average Bonchev–Trinajstić information content (AvgIpc) is 3.11. The molecular formula is C25H21NOP+. The van der Waals surface area contributed by atoms with E-state index in [1.165, 1.54) is 15.9 Å². The number of phenolic OH excluding ortho intramolecular Hbond substituents is 1. The van der Waals surface area contributed by atoms with E-state index in [1.807, 2.05) is 18.2 Å². The van der Waals surface area contributed by atoms with E-state index < -0.39 is 7.26 Å². The fraction of sp³-hybridized carbons (Fsp3) is 0.0400. The van der Waals surface area contributed by atoms with Gasteiger partial charge in [0.15, 0.2) is 5.78 Å². The van der Waals surface area contributed by atoms with Crippen LogP contribution in [-0.2, 0) is 0 Å². The van der Waals surface area contributed by atoms with Gasteiger partial charge >= 0.3 is 0 Å². The lowest BCUT2D eigenvalue weighted by molar-refractivity contribution is 0.468. The maximum Gasteiger partial charge on any atom is 0.181 e. The molecule has 1 atom stereocenters. The highest BCUT2D eigenvalue weighted by molar-refractivity contribution is 7.96. The summed E-state index contributed by atoms with van der Waals surface area (Å²) in [6.07, 6.45) is 0. The molecule has 0 aliphatic carbocycles. The Labute approximate surface area is 165 Å². The molecule has 0 bridgehead atoms. The zero-order valence-corrected chi connectivity index (χ0v) is 16.3. The van der Waals surface area contributed by atoms with E-state index in [2.05, 4.69) is 90.2 Å². The highest BCUT2D eigenvalue weighted by atomic mass is 31.2. The molecule has 0 saturated heterocycles. The maximum absolute atomic E-state index is 10.8. The van der Waals surface area contributed by atoms with Gasteiger partial charge in [0.25, 0.3) is 0 Å². The molecular weight excluding hydrogens is 361 g/mol. The molecule has 1 unspecified atom stereocenters. The van der Waals surface area contributed by atoms with Gasteiger partial charge in [0.05, 0.1) is 11.3 Å². The van der Waals surface area contributed by atoms with Gasteiger partial charge in [-0.05, 0) is 48.5 Å². The Bertz CT molecular complexity index is 1070. The summed E-state index contributed by atoms with van der Waals surface area (Å²) in [6.45, 7) is 0. The molecule has 4 aromatic rings. The Hall–Kier alpha value is -3.09. The van der Waals surface area contributed by atoms with Gasteiger partial charge in [-0.3, -0.25) is 0 Å². The SMILES string of the molecule is Oc1ccccc1C1Nc2ccccc2[P+]1(c1ccccc1)c1ccccc1. The van der Waals surface area contributed by atoms with Crippen LogP contribution in [0.3, 0.4) is 0 Å². The van der Waals surface area contributed by atoms with Crippen LogP contribution in [0.15, 0.2) is 109 Å². The first kappa shape index (κ1) is 17.0. The second-order valence-corrected chi connectivity index (χ2v) is 10.5. The van der Waals surface area contributed by atoms with Gasteiger partial charge in [-0.15, -0.1) is 0 Å². The molecule has 0 fully saturated rings. The summed E-state index contributed by atoms with van der Waals surface area (Å²) >= 11 is 0. The summed E-state index contributed by atoms with van der Waals surface area (Å²) in [6, 6.07) is 37.8. The highest BCUT2D eigenvalue weighted by Crippen LogP contribution is 2.71. The van der Waals surface area contributed by atoms with Crippen LogP contribution in [0.25, 0.3) is 0 Å². The molecule has 0 aromatic heterocycles. The van der Waals surface area contributed by atoms with Gasteiger partial charge in [-0.1, -0.05) is 60.7 Å². The lowest BCUT2D eigenvalue weighted by Gasteiger charge is -2.29. The van der Waals surface area contributed by atoms with Crippen molar-refractivity contribution in [2.45, 2.75) is 5.78 Å². The number of rotatable bonds is 3. The van der Waals surface area contributed by atoms with Gasteiger partial charge in [0, 0.05) is 0 Å². The summed E-state index contributed by atoms with van der Waals surface area (Å²) in [5.41, 5.74) is 2.09. The Balaban J connectivity index is 1.89. The quantitative estimate of drug-likeness (QED) is 0.499. The van der Waals surface area contributed by atoms with Crippen LogP contribution in [0, 0.1) is 0 Å². The van der Waals surface area contributed by atoms with Gasteiger partial charge in [-0.2, -0.15) is 0 Å². The van der Waals surface area contributed by atoms with Crippen molar-refractivity contribution in [1.82, 2.24) is 0 Å². The van der Waals surface area contributed by atoms with Crippen molar-refractivity contribution in [3.05, 3.63) is 115 Å². The zero-order valence-electron chi connectivity index (χ0n) is 15.4. The molecule has 2 nitrogen and oxygen atoms in total. The fourth-order valence-corrected chi connectivity index (χ4v) is 9.17. The monoisotopic (exact) mass is 382 g/mol. The van der Waals surface area contributed by atoms with E-state index in [1.54, 1.807) is 6.07 Å². The number of para-hydroxylation sites is 2. The first-order valence-electron chi connectivity index (χ1n) is 9.46. The summed E-state index contributed by atoms with van der Waals surface area (Å²) in [5, 5.41) is 18.5. The van der Waals surface area contributed by atoms with E-state index in [9.17, 15) is 5.11 Å². The molecule has 0 radical (unpaired) electrons. The van der Waals surface area contributed by atoms with E-state index in [0.29, 0.717) is 5.75 Å². The topological polar surface area (TPSA) is 32.3 Å². The highest BCUT2D eigenvalue weighted by Gasteiger charge is 2.59. The Morgan fingerprint density at radius 2 is 1.14 bits per heavy atom. The average molecular weight is 382 g/mol. The number of hydrogen-bond donors (Lipinski definition) is 2. The smallest absolute Gasteiger partial charge is 0.181 e. The number of phenols is 1. The Kier molecular flexibility index (Phi) is 4.15. The Morgan fingerprint density at radius 3 is 1.79 bits per heavy atom. The molecule has 0 saturated carbocycles. The van der Waals surface area contributed by atoms with Crippen molar-refractivity contribution in [2.24, 2.45) is 0 Å². The van der Waals surface area contributed by atoms with Crippen LogP contribution in [0.5, 0.6) is 5.75 Å². The fourth-order valence-electron chi connectivity index (χ4n) is 4.34. The Morgan fingerprint density at radius 1 is 0.607 bits per heavy atom. The molecule has 2 N–H and O–H groups in total. The van der Waals surface area contributed by atoms with E-state index in [-0.39, 0.29) is 5.78 Å². The summed E-state index contributed by atoms with van der Waals surface area (Å²) in [7, 11) is -2.07. The van der Waals surface area contributed by atoms with Crippen molar-refractivity contribution >= 4 is 28.9 Å². The summed E-state index contributed by atoms with van der Waals surface area (Å²) in [4.78, 5) is 0. The van der Waals surface area contributed by atoms with E-state index in [0.717, 1.165) is 11.3 Å². The molecule has 1 aliphatic rings. The number of benzene rings is 4.